The molecule has 3 N–H and O–H groups in total. The molecule has 27 heavy (non-hydrogen) atoms. The number of aromatic hydroxyl groups is 1. The summed E-state index contributed by atoms with van der Waals surface area (Å²) in [6, 6.07) is 5.96. The zero-order chi connectivity index (χ0) is 19.9. The standard InChI is InChI=1S/C22H30O5/c1-12(2)18-17(27-21(25)14-5-7-15(23)8-6-14)11-13(3)16-9-10-22(4,26)19(16)20(18)24/h5-8,12,17-20,23-24,26H,9-11H2,1-4H3. The number of aliphatic hydroxyl groups excluding tert-OH is 1. The number of carbonyl (C=O) groups is 1. The fourth-order valence-electron chi connectivity index (χ4n) is 4.88. The monoisotopic (exact) mass is 374 g/mol. The van der Waals surface area contributed by atoms with Gasteiger partial charge in [-0.1, -0.05) is 25.0 Å². The summed E-state index contributed by atoms with van der Waals surface area (Å²) in [5, 5.41) is 31.5. The highest BCUT2D eigenvalue weighted by atomic mass is 16.5. The molecular weight excluding hydrogens is 344 g/mol. The number of benzene rings is 1. The third kappa shape index (κ3) is 3.76. The van der Waals surface area contributed by atoms with E-state index in [9.17, 15) is 20.1 Å². The van der Waals surface area contributed by atoms with E-state index in [-0.39, 0.29) is 23.5 Å². The van der Waals surface area contributed by atoms with Crippen LogP contribution in [-0.2, 0) is 4.74 Å². The van der Waals surface area contributed by atoms with E-state index in [2.05, 4.69) is 0 Å². The van der Waals surface area contributed by atoms with Gasteiger partial charge in [0.2, 0.25) is 0 Å². The van der Waals surface area contributed by atoms with Gasteiger partial charge in [-0.05, 0) is 56.9 Å². The molecule has 0 saturated heterocycles. The summed E-state index contributed by atoms with van der Waals surface area (Å²) in [6.45, 7) is 7.83. The molecule has 0 bridgehead atoms. The number of aliphatic hydroxyl groups is 2. The van der Waals surface area contributed by atoms with Crippen LogP contribution in [0.3, 0.4) is 0 Å². The van der Waals surface area contributed by atoms with Crippen LogP contribution in [0, 0.1) is 17.8 Å². The zero-order valence-corrected chi connectivity index (χ0v) is 16.5. The third-order valence-electron chi connectivity index (χ3n) is 6.30. The number of rotatable bonds is 3. The average molecular weight is 374 g/mol. The Hall–Kier alpha value is -1.85. The van der Waals surface area contributed by atoms with Gasteiger partial charge in [-0.3, -0.25) is 0 Å². The number of carbonyl (C=O) groups excluding carboxylic acids is 1. The minimum Gasteiger partial charge on any atom is -0.508 e. The van der Waals surface area contributed by atoms with Gasteiger partial charge in [-0.25, -0.2) is 4.79 Å². The van der Waals surface area contributed by atoms with Crippen molar-refractivity contribution in [1.82, 2.24) is 0 Å². The van der Waals surface area contributed by atoms with Crippen LogP contribution in [0.1, 0.15) is 57.3 Å². The van der Waals surface area contributed by atoms with Gasteiger partial charge in [0.15, 0.2) is 0 Å². The summed E-state index contributed by atoms with van der Waals surface area (Å²) in [4.78, 5) is 12.6. The molecule has 3 rings (SSSR count). The second-order valence-corrected chi connectivity index (χ2v) is 8.65. The Morgan fingerprint density at radius 2 is 1.89 bits per heavy atom. The molecule has 1 saturated carbocycles. The van der Waals surface area contributed by atoms with Crippen molar-refractivity contribution in [2.75, 3.05) is 0 Å². The number of hydrogen-bond acceptors (Lipinski definition) is 5. The van der Waals surface area contributed by atoms with E-state index in [0.717, 1.165) is 17.6 Å². The lowest BCUT2D eigenvalue weighted by molar-refractivity contribution is -0.0847. The van der Waals surface area contributed by atoms with Crippen LogP contribution in [0.15, 0.2) is 35.4 Å². The van der Waals surface area contributed by atoms with Gasteiger partial charge < -0.3 is 20.1 Å². The van der Waals surface area contributed by atoms with Crippen molar-refractivity contribution < 1.29 is 24.9 Å². The predicted octanol–water partition coefficient (Wildman–Crippen LogP) is 3.43. The number of esters is 1. The SMILES string of the molecule is CC1=C2CCC(C)(O)C2C(O)C(C(C)C)C(OC(=O)c2ccc(O)cc2)C1. The molecule has 0 aromatic heterocycles. The molecule has 2 aliphatic carbocycles. The van der Waals surface area contributed by atoms with Gasteiger partial charge in [-0.2, -0.15) is 0 Å². The molecule has 2 aliphatic rings. The highest BCUT2D eigenvalue weighted by molar-refractivity contribution is 5.89. The van der Waals surface area contributed by atoms with E-state index < -0.39 is 23.8 Å². The molecule has 148 valence electrons. The van der Waals surface area contributed by atoms with Crippen molar-refractivity contribution >= 4 is 5.97 Å². The molecule has 0 radical (unpaired) electrons. The van der Waals surface area contributed by atoms with E-state index in [0.29, 0.717) is 18.4 Å². The first-order valence-corrected chi connectivity index (χ1v) is 9.71. The Kier molecular flexibility index (Phi) is 5.37. The molecule has 5 heteroatoms. The predicted molar refractivity (Wildman–Crippen MR) is 102 cm³/mol. The molecule has 0 spiro atoms. The fraction of sp³-hybridized carbons (Fsp3) is 0.591. The van der Waals surface area contributed by atoms with Crippen LogP contribution in [-0.4, -0.2) is 39.1 Å². The lowest BCUT2D eigenvalue weighted by Crippen LogP contribution is -2.46. The van der Waals surface area contributed by atoms with E-state index in [4.69, 9.17) is 4.74 Å². The van der Waals surface area contributed by atoms with Crippen molar-refractivity contribution in [1.29, 1.82) is 0 Å². The zero-order valence-electron chi connectivity index (χ0n) is 16.5. The number of hydrogen-bond donors (Lipinski definition) is 3. The van der Waals surface area contributed by atoms with Crippen molar-refractivity contribution in [3.8, 4) is 5.75 Å². The van der Waals surface area contributed by atoms with Gasteiger partial charge in [0.05, 0.1) is 17.3 Å². The van der Waals surface area contributed by atoms with Gasteiger partial charge in [0.1, 0.15) is 11.9 Å². The maximum Gasteiger partial charge on any atom is 0.338 e. The Bertz CT molecular complexity index is 732. The van der Waals surface area contributed by atoms with Crippen LogP contribution >= 0.6 is 0 Å². The first kappa shape index (κ1) is 19.9. The van der Waals surface area contributed by atoms with Crippen molar-refractivity contribution in [2.24, 2.45) is 17.8 Å². The topological polar surface area (TPSA) is 87.0 Å². The summed E-state index contributed by atoms with van der Waals surface area (Å²) >= 11 is 0. The Morgan fingerprint density at radius 1 is 1.26 bits per heavy atom. The van der Waals surface area contributed by atoms with Gasteiger partial charge in [0, 0.05) is 18.3 Å². The number of phenols is 1. The summed E-state index contributed by atoms with van der Waals surface area (Å²) in [5.74, 6) is -0.877. The molecule has 0 heterocycles. The molecule has 0 aliphatic heterocycles. The molecule has 1 aromatic carbocycles. The van der Waals surface area contributed by atoms with Crippen LogP contribution < -0.4 is 0 Å². The van der Waals surface area contributed by atoms with Crippen LogP contribution in [0.2, 0.25) is 0 Å². The minimum absolute atomic E-state index is 0.0844. The maximum absolute atomic E-state index is 12.6. The summed E-state index contributed by atoms with van der Waals surface area (Å²) < 4.78 is 5.85. The number of phenolic OH excluding ortho intramolecular Hbond substituents is 1. The largest absolute Gasteiger partial charge is 0.508 e. The quantitative estimate of drug-likeness (QED) is 0.557. The highest BCUT2D eigenvalue weighted by Gasteiger charge is 2.51. The molecule has 5 nitrogen and oxygen atoms in total. The fourth-order valence-corrected chi connectivity index (χ4v) is 4.88. The van der Waals surface area contributed by atoms with E-state index >= 15 is 0 Å². The number of ether oxygens (including phenoxy) is 1. The van der Waals surface area contributed by atoms with Crippen molar-refractivity contribution in [2.45, 2.75) is 64.8 Å². The maximum atomic E-state index is 12.6. The van der Waals surface area contributed by atoms with E-state index in [1.807, 2.05) is 20.8 Å². The van der Waals surface area contributed by atoms with Crippen molar-refractivity contribution in [3.63, 3.8) is 0 Å². The van der Waals surface area contributed by atoms with Crippen LogP contribution in [0.25, 0.3) is 0 Å². The first-order valence-electron chi connectivity index (χ1n) is 9.71. The van der Waals surface area contributed by atoms with Gasteiger partial charge in [0.25, 0.3) is 0 Å². The Balaban J connectivity index is 1.91. The van der Waals surface area contributed by atoms with E-state index in [1.165, 1.54) is 24.3 Å². The lowest BCUT2D eigenvalue weighted by atomic mass is 9.75. The molecule has 1 fully saturated rings. The molecular formula is C22H30O5. The summed E-state index contributed by atoms with van der Waals surface area (Å²) in [7, 11) is 0. The highest BCUT2D eigenvalue weighted by Crippen LogP contribution is 2.49. The van der Waals surface area contributed by atoms with Crippen LogP contribution in [0.4, 0.5) is 0 Å². The third-order valence-corrected chi connectivity index (χ3v) is 6.30. The summed E-state index contributed by atoms with van der Waals surface area (Å²) in [5.41, 5.74) is 1.63. The van der Waals surface area contributed by atoms with Crippen molar-refractivity contribution in [3.05, 3.63) is 41.0 Å². The Morgan fingerprint density at radius 3 is 2.48 bits per heavy atom. The second kappa shape index (κ2) is 7.28. The second-order valence-electron chi connectivity index (χ2n) is 8.65. The number of fused-ring (bicyclic) bond motifs is 1. The first-order chi connectivity index (χ1) is 12.6. The van der Waals surface area contributed by atoms with Crippen LogP contribution in [0.5, 0.6) is 5.75 Å². The Labute approximate surface area is 160 Å². The molecule has 5 unspecified atom stereocenters. The molecule has 5 atom stereocenters. The average Bonchev–Trinajstić information content (AvgIpc) is 2.84. The molecule has 0 amide bonds. The smallest absolute Gasteiger partial charge is 0.338 e. The normalized spacial score (nSPS) is 33.7. The minimum atomic E-state index is -0.945. The summed E-state index contributed by atoms with van der Waals surface area (Å²) in [6.07, 6.45) is 0.739. The van der Waals surface area contributed by atoms with E-state index in [1.54, 1.807) is 6.92 Å². The molecule has 1 aromatic rings. The van der Waals surface area contributed by atoms with Gasteiger partial charge >= 0.3 is 5.97 Å². The lowest BCUT2D eigenvalue weighted by Gasteiger charge is -2.38. The van der Waals surface area contributed by atoms with Gasteiger partial charge in [-0.15, -0.1) is 0 Å².